The van der Waals surface area contributed by atoms with Crippen LogP contribution in [0.5, 0.6) is 0 Å². The first-order chi connectivity index (χ1) is 9.95. The van der Waals surface area contributed by atoms with E-state index in [1.165, 1.54) is 6.07 Å². The number of aliphatic hydroxyl groups is 1. The summed E-state index contributed by atoms with van der Waals surface area (Å²) in [4.78, 5) is 23.1. The second-order valence-corrected chi connectivity index (χ2v) is 4.45. The lowest BCUT2D eigenvalue weighted by molar-refractivity contribution is -0.136. The van der Waals surface area contributed by atoms with Crippen LogP contribution in [-0.2, 0) is 9.59 Å². The maximum atomic E-state index is 11.6. The minimum Gasteiger partial charge on any atom is -0.464 e. The Kier molecular flexibility index (Phi) is 4.39. The Hall–Kier alpha value is -2.61. The van der Waals surface area contributed by atoms with Crippen LogP contribution in [0.25, 0.3) is 0 Å². The number of amides is 2. The van der Waals surface area contributed by atoms with E-state index in [2.05, 4.69) is 15.8 Å². The number of rotatable bonds is 4. The standard InChI is InChI=1S/C13H15N3O5/c1-7-3-4-10(20-7)9(17)6-14-12(18)13(19)15-11-5-8(2)21-16-11/h3-5,9,17H,6H2,1-2H3,(H,14,18)(H,15,16,19)/t9-/m1/s1. The van der Waals surface area contributed by atoms with Gasteiger partial charge in [0, 0.05) is 6.07 Å². The lowest BCUT2D eigenvalue weighted by Crippen LogP contribution is -2.37. The molecule has 112 valence electrons. The summed E-state index contributed by atoms with van der Waals surface area (Å²) in [7, 11) is 0. The molecule has 0 aliphatic heterocycles. The number of carbonyl (C=O) groups excluding carboxylic acids is 2. The van der Waals surface area contributed by atoms with Crippen molar-refractivity contribution in [1.29, 1.82) is 0 Å². The Morgan fingerprint density at radius 1 is 1.29 bits per heavy atom. The molecule has 0 aliphatic rings. The molecule has 8 nitrogen and oxygen atoms in total. The predicted octanol–water partition coefficient (Wildman–Crippen LogP) is 0.673. The van der Waals surface area contributed by atoms with Gasteiger partial charge in [0.1, 0.15) is 23.4 Å². The van der Waals surface area contributed by atoms with E-state index in [0.29, 0.717) is 17.3 Å². The summed E-state index contributed by atoms with van der Waals surface area (Å²) in [5.41, 5.74) is 0. The first kappa shape index (κ1) is 14.8. The number of aryl methyl sites for hydroxylation is 2. The van der Waals surface area contributed by atoms with Gasteiger partial charge in [0.15, 0.2) is 5.82 Å². The monoisotopic (exact) mass is 293 g/mol. The van der Waals surface area contributed by atoms with Crippen molar-refractivity contribution < 1.29 is 23.6 Å². The van der Waals surface area contributed by atoms with Crippen molar-refractivity contribution in [3.8, 4) is 0 Å². The summed E-state index contributed by atoms with van der Waals surface area (Å²) in [6.45, 7) is 3.25. The molecule has 8 heteroatoms. The van der Waals surface area contributed by atoms with Crippen LogP contribution in [0.3, 0.4) is 0 Å². The van der Waals surface area contributed by atoms with Crippen molar-refractivity contribution >= 4 is 17.6 Å². The number of furan rings is 1. The van der Waals surface area contributed by atoms with Gasteiger partial charge in [0.05, 0.1) is 6.54 Å². The molecule has 0 spiro atoms. The molecule has 2 amide bonds. The van der Waals surface area contributed by atoms with Crippen molar-refractivity contribution in [2.45, 2.75) is 20.0 Å². The van der Waals surface area contributed by atoms with Crippen molar-refractivity contribution in [3.05, 3.63) is 35.5 Å². The third kappa shape index (κ3) is 3.93. The molecule has 0 saturated carbocycles. The van der Waals surface area contributed by atoms with Gasteiger partial charge in [0.25, 0.3) is 0 Å². The van der Waals surface area contributed by atoms with Gasteiger partial charge in [-0.25, -0.2) is 0 Å². The Balaban J connectivity index is 1.82. The summed E-state index contributed by atoms with van der Waals surface area (Å²) in [6.07, 6.45) is -1.02. The Bertz CT molecular complexity index is 646. The molecule has 0 bridgehead atoms. The Morgan fingerprint density at radius 3 is 2.62 bits per heavy atom. The van der Waals surface area contributed by atoms with Gasteiger partial charge in [-0.15, -0.1) is 0 Å². The van der Waals surface area contributed by atoms with Crippen molar-refractivity contribution in [2.75, 3.05) is 11.9 Å². The average Bonchev–Trinajstić information content (AvgIpc) is 3.04. The van der Waals surface area contributed by atoms with Gasteiger partial charge in [-0.1, -0.05) is 5.16 Å². The number of anilines is 1. The van der Waals surface area contributed by atoms with Crippen molar-refractivity contribution in [2.24, 2.45) is 0 Å². The third-order valence-electron chi connectivity index (χ3n) is 2.62. The second kappa shape index (κ2) is 6.23. The number of hydrogen-bond acceptors (Lipinski definition) is 6. The van der Waals surface area contributed by atoms with Crippen molar-refractivity contribution in [3.63, 3.8) is 0 Å². The smallest absolute Gasteiger partial charge is 0.314 e. The average molecular weight is 293 g/mol. The molecule has 0 unspecified atom stereocenters. The fraction of sp³-hybridized carbons (Fsp3) is 0.308. The molecule has 2 heterocycles. The number of carbonyl (C=O) groups is 2. The molecule has 1 atom stereocenters. The minimum absolute atomic E-state index is 0.142. The quantitative estimate of drug-likeness (QED) is 0.713. The fourth-order valence-electron chi connectivity index (χ4n) is 1.60. The first-order valence-electron chi connectivity index (χ1n) is 6.22. The Labute approximate surface area is 120 Å². The van der Waals surface area contributed by atoms with Gasteiger partial charge < -0.3 is 19.4 Å². The number of aromatic nitrogens is 1. The van der Waals surface area contributed by atoms with Crippen LogP contribution < -0.4 is 10.6 Å². The molecule has 2 aromatic rings. The number of nitrogens with zero attached hydrogens (tertiary/aromatic N) is 1. The highest BCUT2D eigenvalue weighted by molar-refractivity contribution is 6.39. The highest BCUT2D eigenvalue weighted by Gasteiger charge is 2.18. The molecule has 0 fully saturated rings. The minimum atomic E-state index is -1.02. The molecule has 0 saturated heterocycles. The highest BCUT2D eigenvalue weighted by atomic mass is 16.5. The highest BCUT2D eigenvalue weighted by Crippen LogP contribution is 2.15. The fourth-order valence-corrected chi connectivity index (χ4v) is 1.60. The number of nitrogens with one attached hydrogen (secondary N) is 2. The van der Waals surface area contributed by atoms with Crippen LogP contribution in [0.4, 0.5) is 5.82 Å². The molecule has 2 aromatic heterocycles. The van der Waals surface area contributed by atoms with E-state index in [4.69, 9.17) is 8.94 Å². The summed E-state index contributed by atoms with van der Waals surface area (Å²) in [5.74, 6) is -0.164. The van der Waals surface area contributed by atoms with Gasteiger partial charge >= 0.3 is 11.8 Å². The van der Waals surface area contributed by atoms with Crippen LogP contribution in [0.2, 0.25) is 0 Å². The second-order valence-electron chi connectivity index (χ2n) is 4.45. The molecule has 3 N–H and O–H groups in total. The zero-order chi connectivity index (χ0) is 15.4. The maximum absolute atomic E-state index is 11.6. The van der Waals surface area contributed by atoms with E-state index in [0.717, 1.165) is 0 Å². The SMILES string of the molecule is Cc1cc(NC(=O)C(=O)NC[C@@H](O)c2ccc(C)o2)no1. The van der Waals surface area contributed by atoms with Crippen LogP contribution in [-0.4, -0.2) is 28.6 Å². The van der Waals surface area contributed by atoms with Gasteiger partial charge in [0.2, 0.25) is 0 Å². The van der Waals surface area contributed by atoms with Crippen LogP contribution in [0.15, 0.2) is 27.1 Å². The van der Waals surface area contributed by atoms with Crippen molar-refractivity contribution in [1.82, 2.24) is 10.5 Å². The van der Waals surface area contributed by atoms with E-state index in [1.54, 1.807) is 26.0 Å². The molecule has 0 aromatic carbocycles. The molecule has 0 aliphatic carbocycles. The summed E-state index contributed by atoms with van der Waals surface area (Å²) in [6, 6.07) is 4.77. The molecular weight excluding hydrogens is 278 g/mol. The largest absolute Gasteiger partial charge is 0.464 e. The topological polar surface area (TPSA) is 118 Å². The van der Waals surface area contributed by atoms with Crippen LogP contribution >= 0.6 is 0 Å². The number of aliphatic hydroxyl groups excluding tert-OH is 1. The Morgan fingerprint density at radius 2 is 2.05 bits per heavy atom. The lowest BCUT2D eigenvalue weighted by atomic mass is 10.2. The van der Waals surface area contributed by atoms with Gasteiger partial charge in [-0.05, 0) is 26.0 Å². The maximum Gasteiger partial charge on any atom is 0.314 e. The summed E-state index contributed by atoms with van der Waals surface area (Å²) >= 11 is 0. The van der Waals surface area contributed by atoms with Crippen LogP contribution in [0.1, 0.15) is 23.4 Å². The third-order valence-corrected chi connectivity index (χ3v) is 2.62. The summed E-state index contributed by atoms with van der Waals surface area (Å²) < 4.78 is 9.97. The lowest BCUT2D eigenvalue weighted by Gasteiger charge is -2.09. The van der Waals surface area contributed by atoms with E-state index in [9.17, 15) is 14.7 Å². The molecular formula is C13H15N3O5. The predicted molar refractivity (Wildman–Crippen MR) is 71.3 cm³/mol. The molecule has 0 radical (unpaired) electrons. The molecule has 21 heavy (non-hydrogen) atoms. The van der Waals surface area contributed by atoms with E-state index in [-0.39, 0.29) is 12.4 Å². The first-order valence-corrected chi connectivity index (χ1v) is 6.22. The van der Waals surface area contributed by atoms with E-state index >= 15 is 0 Å². The summed E-state index contributed by atoms with van der Waals surface area (Å²) in [5, 5.41) is 17.9. The normalized spacial score (nSPS) is 12.0. The van der Waals surface area contributed by atoms with Gasteiger partial charge in [-0.2, -0.15) is 0 Å². The zero-order valence-corrected chi connectivity index (χ0v) is 11.5. The van der Waals surface area contributed by atoms with E-state index in [1.807, 2.05) is 0 Å². The van der Waals surface area contributed by atoms with Gasteiger partial charge in [-0.3, -0.25) is 14.9 Å². The van der Waals surface area contributed by atoms with E-state index < -0.39 is 17.9 Å². The molecule has 2 rings (SSSR count). The zero-order valence-electron chi connectivity index (χ0n) is 11.5. The number of hydrogen-bond donors (Lipinski definition) is 3. The van der Waals surface area contributed by atoms with Crippen LogP contribution in [0, 0.1) is 13.8 Å².